The molecule has 11 heavy (non-hydrogen) atoms. The minimum Gasteiger partial charge on any atom is -0.480 e. The molecule has 3 N–H and O–H groups in total. The number of carboxylic acid groups (broad SMARTS) is 1. The lowest BCUT2D eigenvalue weighted by Gasteiger charge is -2.30. The zero-order valence-electron chi connectivity index (χ0n) is 6.22. The first-order valence-corrected chi connectivity index (χ1v) is 3.71. The first kappa shape index (κ1) is 8.46. The average Bonchev–Trinajstić information content (AvgIpc) is 1.86. The summed E-state index contributed by atoms with van der Waals surface area (Å²) in [6.45, 7) is 0. The molecule has 1 fully saturated rings. The maximum absolute atomic E-state index is 12.7. The highest BCUT2D eigenvalue weighted by Crippen LogP contribution is 2.28. The molecular weight excluding hydrogens is 149 g/mol. The number of alkyl halides is 1. The quantitative estimate of drug-likeness (QED) is 0.594. The van der Waals surface area contributed by atoms with Gasteiger partial charge in [0.2, 0.25) is 0 Å². The summed E-state index contributed by atoms with van der Waals surface area (Å²) in [5, 5.41) is 8.62. The van der Waals surface area contributed by atoms with Gasteiger partial charge in [-0.15, -0.1) is 0 Å². The molecule has 1 aliphatic carbocycles. The van der Waals surface area contributed by atoms with Crippen LogP contribution in [0.25, 0.3) is 0 Å². The number of carbonyl (C=O) groups is 1. The van der Waals surface area contributed by atoms with Crippen molar-refractivity contribution in [3.63, 3.8) is 0 Å². The molecule has 2 unspecified atom stereocenters. The van der Waals surface area contributed by atoms with Crippen molar-refractivity contribution >= 4 is 5.97 Å². The van der Waals surface area contributed by atoms with Crippen molar-refractivity contribution in [1.82, 2.24) is 0 Å². The normalized spacial score (nSPS) is 38.5. The predicted octanol–water partition coefficient (Wildman–Crippen LogP) is 0.681. The van der Waals surface area contributed by atoms with Crippen molar-refractivity contribution in [2.45, 2.75) is 37.4 Å². The fourth-order valence-electron chi connectivity index (χ4n) is 1.43. The van der Waals surface area contributed by atoms with E-state index < -0.39 is 17.7 Å². The monoisotopic (exact) mass is 161 g/mol. The third kappa shape index (κ3) is 1.68. The summed E-state index contributed by atoms with van der Waals surface area (Å²) < 4.78 is 12.7. The molecule has 0 amide bonds. The summed E-state index contributed by atoms with van der Waals surface area (Å²) in [4.78, 5) is 10.5. The van der Waals surface area contributed by atoms with Crippen LogP contribution in [0.1, 0.15) is 25.7 Å². The first-order chi connectivity index (χ1) is 5.04. The van der Waals surface area contributed by atoms with Gasteiger partial charge in [-0.25, -0.2) is 4.39 Å². The van der Waals surface area contributed by atoms with Crippen molar-refractivity contribution in [3.8, 4) is 0 Å². The van der Waals surface area contributed by atoms with Gasteiger partial charge in [0.25, 0.3) is 0 Å². The number of hydrogen-bond acceptors (Lipinski definition) is 2. The van der Waals surface area contributed by atoms with E-state index in [0.29, 0.717) is 19.3 Å². The molecule has 0 aromatic heterocycles. The van der Waals surface area contributed by atoms with E-state index in [1.807, 2.05) is 0 Å². The van der Waals surface area contributed by atoms with Crippen LogP contribution in [-0.2, 0) is 4.79 Å². The standard InChI is InChI=1S/C7H12FNO2/c8-5-2-1-3-7(9,4-5)6(10)11/h5H,1-4,9H2,(H,10,11). The molecular formula is C7H12FNO2. The summed E-state index contributed by atoms with van der Waals surface area (Å²) in [5.41, 5.74) is 4.14. The van der Waals surface area contributed by atoms with E-state index >= 15 is 0 Å². The van der Waals surface area contributed by atoms with Gasteiger partial charge >= 0.3 is 5.97 Å². The zero-order valence-corrected chi connectivity index (χ0v) is 6.22. The molecule has 0 radical (unpaired) electrons. The summed E-state index contributed by atoms with van der Waals surface area (Å²) in [6, 6.07) is 0. The van der Waals surface area contributed by atoms with Crippen molar-refractivity contribution < 1.29 is 14.3 Å². The molecule has 1 rings (SSSR count). The van der Waals surface area contributed by atoms with Gasteiger partial charge in [-0.1, -0.05) is 0 Å². The highest BCUT2D eigenvalue weighted by molar-refractivity contribution is 5.78. The fourth-order valence-corrected chi connectivity index (χ4v) is 1.43. The topological polar surface area (TPSA) is 63.3 Å². The van der Waals surface area contributed by atoms with Crippen LogP contribution in [0, 0.1) is 0 Å². The van der Waals surface area contributed by atoms with E-state index in [1.165, 1.54) is 0 Å². The van der Waals surface area contributed by atoms with Gasteiger partial charge in [0.15, 0.2) is 0 Å². The van der Waals surface area contributed by atoms with E-state index in [9.17, 15) is 9.18 Å². The molecule has 4 heteroatoms. The number of hydrogen-bond donors (Lipinski definition) is 2. The van der Waals surface area contributed by atoms with E-state index in [1.54, 1.807) is 0 Å². The van der Waals surface area contributed by atoms with Crippen LogP contribution >= 0.6 is 0 Å². The Morgan fingerprint density at radius 2 is 2.36 bits per heavy atom. The molecule has 1 aliphatic rings. The van der Waals surface area contributed by atoms with Crippen LogP contribution in [-0.4, -0.2) is 22.8 Å². The highest BCUT2D eigenvalue weighted by atomic mass is 19.1. The van der Waals surface area contributed by atoms with Gasteiger partial charge < -0.3 is 10.8 Å². The Labute approximate surface area is 64.4 Å². The van der Waals surface area contributed by atoms with E-state index in [-0.39, 0.29) is 6.42 Å². The molecule has 1 saturated carbocycles. The molecule has 64 valence electrons. The van der Waals surface area contributed by atoms with Crippen molar-refractivity contribution in [1.29, 1.82) is 0 Å². The largest absolute Gasteiger partial charge is 0.480 e. The van der Waals surface area contributed by atoms with Gasteiger partial charge in [-0.2, -0.15) is 0 Å². The second-order valence-electron chi connectivity index (χ2n) is 3.15. The Hall–Kier alpha value is -0.640. The van der Waals surface area contributed by atoms with Crippen LogP contribution in [0.5, 0.6) is 0 Å². The van der Waals surface area contributed by atoms with E-state index in [0.717, 1.165) is 0 Å². The maximum Gasteiger partial charge on any atom is 0.323 e. The number of aliphatic carboxylic acids is 1. The third-order valence-electron chi connectivity index (χ3n) is 2.15. The Kier molecular flexibility index (Phi) is 2.13. The Morgan fingerprint density at radius 1 is 1.73 bits per heavy atom. The van der Waals surface area contributed by atoms with Gasteiger partial charge in [-0.05, 0) is 19.3 Å². The highest BCUT2D eigenvalue weighted by Gasteiger charge is 2.39. The summed E-state index contributed by atoms with van der Waals surface area (Å²) in [7, 11) is 0. The van der Waals surface area contributed by atoms with Crippen LogP contribution in [0.15, 0.2) is 0 Å². The molecule has 0 aromatic rings. The maximum atomic E-state index is 12.7. The summed E-state index contributed by atoms with van der Waals surface area (Å²) >= 11 is 0. The van der Waals surface area contributed by atoms with Crippen LogP contribution < -0.4 is 5.73 Å². The smallest absolute Gasteiger partial charge is 0.323 e. The second kappa shape index (κ2) is 2.77. The van der Waals surface area contributed by atoms with Crippen LogP contribution in [0.2, 0.25) is 0 Å². The van der Waals surface area contributed by atoms with Gasteiger partial charge in [0.05, 0.1) is 0 Å². The number of rotatable bonds is 1. The van der Waals surface area contributed by atoms with Gasteiger partial charge in [-0.3, -0.25) is 4.79 Å². The van der Waals surface area contributed by atoms with Crippen LogP contribution in [0.4, 0.5) is 4.39 Å². The lowest BCUT2D eigenvalue weighted by Crippen LogP contribution is -2.51. The zero-order chi connectivity index (χ0) is 8.48. The van der Waals surface area contributed by atoms with Crippen LogP contribution in [0.3, 0.4) is 0 Å². The predicted molar refractivity (Wildman–Crippen MR) is 37.9 cm³/mol. The lowest BCUT2D eigenvalue weighted by molar-refractivity contribution is -0.145. The number of nitrogens with two attached hydrogens (primary N) is 1. The molecule has 0 spiro atoms. The number of halogens is 1. The molecule has 0 aliphatic heterocycles. The second-order valence-corrected chi connectivity index (χ2v) is 3.15. The molecule has 0 bridgehead atoms. The Morgan fingerprint density at radius 3 is 2.73 bits per heavy atom. The lowest BCUT2D eigenvalue weighted by atomic mass is 9.82. The minimum atomic E-state index is -1.31. The summed E-state index contributed by atoms with van der Waals surface area (Å²) in [6.07, 6.45) is 0.339. The first-order valence-electron chi connectivity index (χ1n) is 3.71. The van der Waals surface area contributed by atoms with E-state index in [2.05, 4.69) is 0 Å². The third-order valence-corrected chi connectivity index (χ3v) is 2.15. The molecule has 0 aromatic carbocycles. The average molecular weight is 161 g/mol. The SMILES string of the molecule is NC1(C(=O)O)CCCC(F)C1. The Bertz CT molecular complexity index is 174. The molecule has 0 saturated heterocycles. The number of carboxylic acids is 1. The van der Waals surface area contributed by atoms with Gasteiger partial charge in [0, 0.05) is 6.42 Å². The summed E-state index contributed by atoms with van der Waals surface area (Å²) in [5.74, 6) is -1.08. The van der Waals surface area contributed by atoms with Gasteiger partial charge in [0.1, 0.15) is 11.7 Å². The molecule has 0 heterocycles. The Balaban J connectivity index is 2.63. The molecule has 3 nitrogen and oxygen atoms in total. The van der Waals surface area contributed by atoms with Crippen molar-refractivity contribution in [2.24, 2.45) is 5.73 Å². The fraction of sp³-hybridized carbons (Fsp3) is 0.857. The minimum absolute atomic E-state index is 0.0394. The van der Waals surface area contributed by atoms with Crippen molar-refractivity contribution in [3.05, 3.63) is 0 Å². The van der Waals surface area contributed by atoms with E-state index in [4.69, 9.17) is 10.8 Å². The molecule has 2 atom stereocenters. The van der Waals surface area contributed by atoms with Crippen molar-refractivity contribution in [2.75, 3.05) is 0 Å².